The molecular weight excluding hydrogens is 328 g/mol. The van der Waals surface area contributed by atoms with Crippen molar-refractivity contribution in [2.45, 2.75) is 46.1 Å². The predicted molar refractivity (Wildman–Crippen MR) is 107 cm³/mol. The molecule has 0 saturated carbocycles. The number of nitrogens with one attached hydrogen (secondary N) is 1. The predicted octanol–water partition coefficient (Wildman–Crippen LogP) is 2.61. The number of rotatable bonds is 11. The molecule has 2 heterocycles. The number of likely N-dealkylation sites (N-methyl/N-ethyl adjacent to an activating group) is 1. The van der Waals surface area contributed by atoms with Crippen LogP contribution in [0.4, 0.5) is 0 Å². The number of guanidine groups is 1. The van der Waals surface area contributed by atoms with Crippen LogP contribution in [0.3, 0.4) is 0 Å². The average Bonchev–Trinajstić information content (AvgIpc) is 3.33. The molecule has 1 aliphatic heterocycles. The van der Waals surface area contributed by atoms with Crippen LogP contribution in [0.5, 0.6) is 0 Å². The van der Waals surface area contributed by atoms with Gasteiger partial charge in [-0.2, -0.15) is 0 Å². The first-order chi connectivity index (χ1) is 12.8. The van der Waals surface area contributed by atoms with Crippen LogP contribution in [0.1, 0.15) is 39.4 Å². The summed E-state index contributed by atoms with van der Waals surface area (Å²) in [6.07, 6.45) is 4.77. The third-order valence-electron chi connectivity index (χ3n) is 4.94. The smallest absolute Gasteiger partial charge is 0.193 e. The first kappa shape index (κ1) is 20.8. The molecule has 0 bridgehead atoms. The molecular formula is C20H36N4O2. The molecule has 26 heavy (non-hydrogen) atoms. The number of hydrogen-bond acceptors (Lipinski definition) is 4. The second-order valence-corrected chi connectivity index (χ2v) is 6.62. The highest BCUT2D eigenvalue weighted by Crippen LogP contribution is 2.15. The van der Waals surface area contributed by atoms with Crippen LogP contribution in [-0.4, -0.2) is 74.3 Å². The van der Waals surface area contributed by atoms with E-state index in [-0.39, 0.29) is 0 Å². The summed E-state index contributed by atoms with van der Waals surface area (Å²) in [7, 11) is 0. The second kappa shape index (κ2) is 12.0. The Kier molecular flexibility index (Phi) is 9.56. The van der Waals surface area contributed by atoms with Crippen LogP contribution in [-0.2, 0) is 11.2 Å². The minimum Gasteiger partial charge on any atom is -0.469 e. The molecule has 1 atom stereocenters. The lowest BCUT2D eigenvalue weighted by atomic mass is 10.2. The summed E-state index contributed by atoms with van der Waals surface area (Å²) in [5, 5.41) is 3.54. The molecule has 1 saturated heterocycles. The van der Waals surface area contributed by atoms with Crippen molar-refractivity contribution in [3.05, 3.63) is 24.2 Å². The standard InChI is InChI=1S/C20H36N4O2/c1-4-23(5-2)18-11-14-24(17-18)20(21-12-8-15-25-6-3)22-13-10-19-9-7-16-26-19/h7,9,16,18H,4-6,8,10-15,17H2,1-3H3,(H,21,22). The number of aliphatic imine (C=N–C) groups is 1. The normalized spacial score (nSPS) is 18.1. The number of hydrogen-bond donors (Lipinski definition) is 1. The molecule has 0 radical (unpaired) electrons. The van der Waals surface area contributed by atoms with Gasteiger partial charge in [0.15, 0.2) is 5.96 Å². The first-order valence-electron chi connectivity index (χ1n) is 10.2. The van der Waals surface area contributed by atoms with E-state index in [9.17, 15) is 0 Å². The van der Waals surface area contributed by atoms with Crippen LogP contribution < -0.4 is 5.32 Å². The molecule has 0 spiro atoms. The van der Waals surface area contributed by atoms with E-state index in [1.54, 1.807) is 6.26 Å². The Balaban J connectivity index is 1.88. The number of furan rings is 1. The van der Waals surface area contributed by atoms with Crippen LogP contribution in [0.15, 0.2) is 27.8 Å². The third-order valence-corrected chi connectivity index (χ3v) is 4.94. The highest BCUT2D eigenvalue weighted by molar-refractivity contribution is 5.80. The Bertz CT molecular complexity index is 500. The van der Waals surface area contributed by atoms with Crippen molar-refractivity contribution in [2.24, 2.45) is 4.99 Å². The second-order valence-electron chi connectivity index (χ2n) is 6.62. The zero-order valence-electron chi connectivity index (χ0n) is 16.7. The minimum atomic E-state index is 0.630. The first-order valence-corrected chi connectivity index (χ1v) is 10.2. The summed E-state index contributed by atoms with van der Waals surface area (Å²) in [5.41, 5.74) is 0. The molecule has 1 aromatic rings. The largest absolute Gasteiger partial charge is 0.469 e. The third kappa shape index (κ3) is 6.65. The molecule has 0 aliphatic carbocycles. The highest BCUT2D eigenvalue weighted by Gasteiger charge is 2.28. The van der Waals surface area contributed by atoms with Gasteiger partial charge in [0.05, 0.1) is 6.26 Å². The summed E-state index contributed by atoms with van der Waals surface area (Å²) in [6.45, 7) is 14.1. The zero-order valence-corrected chi connectivity index (χ0v) is 16.7. The van der Waals surface area contributed by atoms with Crippen LogP contribution in [0.2, 0.25) is 0 Å². The Morgan fingerprint density at radius 2 is 2.23 bits per heavy atom. The van der Waals surface area contributed by atoms with Gasteiger partial charge in [-0.05, 0) is 45.0 Å². The fourth-order valence-electron chi connectivity index (χ4n) is 3.49. The Labute approximate surface area is 158 Å². The Hall–Kier alpha value is -1.53. The van der Waals surface area contributed by atoms with E-state index in [1.807, 2.05) is 19.1 Å². The molecule has 1 unspecified atom stereocenters. The van der Waals surface area contributed by atoms with Gasteiger partial charge >= 0.3 is 0 Å². The van der Waals surface area contributed by atoms with Crippen LogP contribution >= 0.6 is 0 Å². The van der Waals surface area contributed by atoms with Crippen molar-refractivity contribution in [3.63, 3.8) is 0 Å². The van der Waals surface area contributed by atoms with E-state index in [1.165, 1.54) is 6.42 Å². The maximum atomic E-state index is 5.43. The van der Waals surface area contributed by atoms with Gasteiger partial charge in [-0.3, -0.25) is 9.89 Å². The topological polar surface area (TPSA) is 53.2 Å². The maximum absolute atomic E-state index is 5.43. The summed E-state index contributed by atoms with van der Waals surface area (Å²) in [4.78, 5) is 9.80. The van der Waals surface area contributed by atoms with Gasteiger partial charge in [-0.1, -0.05) is 13.8 Å². The summed E-state index contributed by atoms with van der Waals surface area (Å²) in [6, 6.07) is 4.59. The highest BCUT2D eigenvalue weighted by atomic mass is 16.5. The van der Waals surface area contributed by atoms with Gasteiger partial charge in [-0.15, -0.1) is 0 Å². The van der Waals surface area contributed by atoms with Gasteiger partial charge in [0.2, 0.25) is 0 Å². The lowest BCUT2D eigenvalue weighted by Crippen LogP contribution is -2.44. The molecule has 6 heteroatoms. The van der Waals surface area contributed by atoms with Gasteiger partial charge in [0, 0.05) is 51.9 Å². The molecule has 0 aromatic carbocycles. The molecule has 1 aromatic heterocycles. The summed E-state index contributed by atoms with van der Waals surface area (Å²) in [5.74, 6) is 2.04. The van der Waals surface area contributed by atoms with Gasteiger partial charge in [0.25, 0.3) is 0 Å². The van der Waals surface area contributed by atoms with Crippen molar-refractivity contribution >= 4 is 5.96 Å². The van der Waals surface area contributed by atoms with E-state index in [2.05, 4.69) is 29.0 Å². The van der Waals surface area contributed by atoms with E-state index < -0.39 is 0 Å². The number of ether oxygens (including phenoxy) is 1. The fraction of sp³-hybridized carbons (Fsp3) is 0.750. The number of likely N-dealkylation sites (tertiary alicyclic amines) is 1. The Morgan fingerprint density at radius 1 is 1.38 bits per heavy atom. The minimum absolute atomic E-state index is 0.630. The molecule has 148 valence electrons. The molecule has 0 amide bonds. The monoisotopic (exact) mass is 364 g/mol. The van der Waals surface area contributed by atoms with Crippen LogP contribution in [0, 0.1) is 0 Å². The van der Waals surface area contributed by atoms with Crippen molar-refractivity contribution in [1.29, 1.82) is 0 Å². The molecule has 1 N–H and O–H groups in total. The van der Waals surface area contributed by atoms with Gasteiger partial charge < -0.3 is 19.4 Å². The van der Waals surface area contributed by atoms with Crippen molar-refractivity contribution in [3.8, 4) is 0 Å². The molecule has 2 rings (SSSR count). The summed E-state index contributed by atoms with van der Waals surface area (Å²) >= 11 is 0. The Morgan fingerprint density at radius 3 is 2.92 bits per heavy atom. The zero-order chi connectivity index (χ0) is 18.6. The van der Waals surface area contributed by atoms with Crippen molar-refractivity contribution < 1.29 is 9.15 Å². The average molecular weight is 365 g/mol. The molecule has 1 aliphatic rings. The SMILES string of the molecule is CCOCCCN=C(NCCc1ccco1)N1CCC(N(CC)CC)C1. The van der Waals surface area contributed by atoms with Gasteiger partial charge in [-0.25, -0.2) is 0 Å². The van der Waals surface area contributed by atoms with E-state index in [0.29, 0.717) is 6.04 Å². The van der Waals surface area contributed by atoms with Crippen LogP contribution in [0.25, 0.3) is 0 Å². The molecule has 6 nitrogen and oxygen atoms in total. The lowest BCUT2D eigenvalue weighted by molar-refractivity contribution is 0.146. The maximum Gasteiger partial charge on any atom is 0.193 e. The van der Waals surface area contributed by atoms with Crippen molar-refractivity contribution in [2.75, 3.05) is 52.5 Å². The van der Waals surface area contributed by atoms with Crippen molar-refractivity contribution in [1.82, 2.24) is 15.1 Å². The fourth-order valence-corrected chi connectivity index (χ4v) is 3.49. The lowest BCUT2D eigenvalue weighted by Gasteiger charge is -2.27. The number of nitrogens with zero attached hydrogens (tertiary/aromatic N) is 3. The van der Waals surface area contributed by atoms with E-state index >= 15 is 0 Å². The quantitative estimate of drug-likeness (QED) is 0.372. The molecule has 1 fully saturated rings. The van der Waals surface area contributed by atoms with Gasteiger partial charge in [0.1, 0.15) is 5.76 Å². The summed E-state index contributed by atoms with van der Waals surface area (Å²) < 4.78 is 10.9. The van der Waals surface area contributed by atoms with E-state index in [4.69, 9.17) is 14.1 Å². The van der Waals surface area contributed by atoms with E-state index in [0.717, 1.165) is 77.0 Å².